The molecule has 1 aliphatic rings. The van der Waals surface area contributed by atoms with E-state index in [2.05, 4.69) is 5.32 Å². The molecule has 1 atom stereocenters. The predicted molar refractivity (Wildman–Crippen MR) is 147 cm³/mol. The fourth-order valence-electron chi connectivity index (χ4n) is 4.66. The number of halogens is 3. The van der Waals surface area contributed by atoms with Crippen molar-refractivity contribution in [3.63, 3.8) is 0 Å². The third-order valence-corrected chi connectivity index (χ3v) is 7.59. The Morgan fingerprint density at radius 3 is 2.11 bits per heavy atom. The Kier molecular flexibility index (Phi) is 9.30. The van der Waals surface area contributed by atoms with Gasteiger partial charge in [-0.3, -0.25) is 9.59 Å². The maximum atomic E-state index is 13.9. The summed E-state index contributed by atoms with van der Waals surface area (Å²) in [4.78, 5) is 29.2. The van der Waals surface area contributed by atoms with Gasteiger partial charge in [0, 0.05) is 34.1 Å². The van der Waals surface area contributed by atoms with Crippen LogP contribution in [0, 0.1) is 0 Å². The van der Waals surface area contributed by atoms with Crippen molar-refractivity contribution in [1.82, 2.24) is 10.2 Å². The number of amides is 2. The molecule has 1 unspecified atom stereocenters. The zero-order valence-electron chi connectivity index (χ0n) is 19.9. The Labute approximate surface area is 227 Å². The lowest BCUT2D eigenvalue weighted by Crippen LogP contribution is -2.52. The van der Waals surface area contributed by atoms with Gasteiger partial charge in [-0.05, 0) is 53.8 Å². The van der Waals surface area contributed by atoms with E-state index in [0.29, 0.717) is 27.1 Å². The number of benzene rings is 3. The van der Waals surface area contributed by atoms with Gasteiger partial charge in [-0.25, -0.2) is 0 Å². The molecular weight excluding hydrogens is 515 g/mol. The van der Waals surface area contributed by atoms with E-state index in [-0.39, 0.29) is 30.8 Å². The molecule has 1 saturated carbocycles. The average Bonchev–Trinajstić information content (AvgIpc) is 3.38. The van der Waals surface area contributed by atoms with Crippen LogP contribution in [0.1, 0.15) is 42.4 Å². The van der Waals surface area contributed by atoms with Gasteiger partial charge in [0.1, 0.15) is 6.04 Å². The highest BCUT2D eigenvalue weighted by molar-refractivity contribution is 6.36. The van der Waals surface area contributed by atoms with Crippen molar-refractivity contribution in [3.8, 4) is 0 Å². The lowest BCUT2D eigenvalue weighted by atomic mass is 10.0. The molecule has 1 fully saturated rings. The molecule has 0 aliphatic heterocycles. The number of rotatable bonds is 9. The number of nitrogens with one attached hydrogen (secondary N) is 1. The standard InChI is InChI=1S/C29H29Cl3N2O2/c30-22-15-13-21(14-16-22)19-34(28(35)18-24-25(31)11-6-12-26(24)32)27(17-20-7-2-1-3-8-20)29(36)33-23-9-4-5-10-23/h1-3,6-8,11-16,23,27H,4-5,9-10,17-19H2,(H,33,36). The molecule has 36 heavy (non-hydrogen) atoms. The molecule has 1 N–H and O–H groups in total. The van der Waals surface area contributed by atoms with Crippen LogP contribution in [-0.4, -0.2) is 28.8 Å². The Hall–Kier alpha value is -2.53. The monoisotopic (exact) mass is 542 g/mol. The highest BCUT2D eigenvalue weighted by atomic mass is 35.5. The van der Waals surface area contributed by atoms with Crippen molar-refractivity contribution in [3.05, 3.63) is 105 Å². The molecule has 3 aromatic rings. The van der Waals surface area contributed by atoms with Crippen LogP contribution in [-0.2, 0) is 29.0 Å². The van der Waals surface area contributed by atoms with Gasteiger partial charge >= 0.3 is 0 Å². The minimum absolute atomic E-state index is 0.00586. The summed E-state index contributed by atoms with van der Waals surface area (Å²) in [7, 11) is 0. The van der Waals surface area contributed by atoms with Crippen molar-refractivity contribution in [2.24, 2.45) is 0 Å². The lowest BCUT2D eigenvalue weighted by molar-refractivity contribution is -0.141. The number of carbonyl (C=O) groups excluding carboxylic acids is 2. The zero-order valence-corrected chi connectivity index (χ0v) is 22.2. The highest BCUT2D eigenvalue weighted by Gasteiger charge is 2.32. The van der Waals surface area contributed by atoms with E-state index >= 15 is 0 Å². The molecule has 0 saturated heterocycles. The van der Waals surface area contributed by atoms with Crippen molar-refractivity contribution >= 4 is 46.6 Å². The maximum absolute atomic E-state index is 13.9. The number of hydrogen-bond acceptors (Lipinski definition) is 2. The van der Waals surface area contributed by atoms with Crippen LogP contribution in [0.4, 0.5) is 0 Å². The van der Waals surface area contributed by atoms with Crippen molar-refractivity contribution in [1.29, 1.82) is 0 Å². The van der Waals surface area contributed by atoms with Crippen LogP contribution in [0.25, 0.3) is 0 Å². The van der Waals surface area contributed by atoms with Gasteiger partial charge < -0.3 is 10.2 Å². The maximum Gasteiger partial charge on any atom is 0.243 e. The fraction of sp³-hybridized carbons (Fsp3) is 0.310. The molecule has 7 heteroatoms. The molecule has 0 spiro atoms. The van der Waals surface area contributed by atoms with E-state index in [1.54, 1.807) is 35.2 Å². The number of nitrogens with zero attached hydrogens (tertiary/aromatic N) is 1. The van der Waals surface area contributed by atoms with Crippen LogP contribution >= 0.6 is 34.8 Å². The normalized spacial score (nSPS) is 14.4. The van der Waals surface area contributed by atoms with E-state index in [9.17, 15) is 9.59 Å². The van der Waals surface area contributed by atoms with Crippen LogP contribution in [0.3, 0.4) is 0 Å². The van der Waals surface area contributed by atoms with E-state index in [1.165, 1.54) is 0 Å². The average molecular weight is 544 g/mol. The van der Waals surface area contributed by atoms with Crippen molar-refractivity contribution in [2.45, 2.75) is 57.2 Å². The Morgan fingerprint density at radius 1 is 0.833 bits per heavy atom. The first kappa shape index (κ1) is 26.5. The number of hydrogen-bond donors (Lipinski definition) is 1. The van der Waals surface area contributed by atoms with E-state index in [1.807, 2.05) is 42.5 Å². The predicted octanol–water partition coefficient (Wildman–Crippen LogP) is 6.89. The highest BCUT2D eigenvalue weighted by Crippen LogP contribution is 2.27. The van der Waals surface area contributed by atoms with Crippen molar-refractivity contribution < 1.29 is 9.59 Å². The van der Waals surface area contributed by atoms with Gasteiger partial charge in [0.25, 0.3) is 0 Å². The third kappa shape index (κ3) is 7.03. The summed E-state index contributed by atoms with van der Waals surface area (Å²) in [6, 6.07) is 21.7. The minimum Gasteiger partial charge on any atom is -0.352 e. The van der Waals surface area contributed by atoms with Gasteiger partial charge in [0.2, 0.25) is 11.8 Å². The largest absolute Gasteiger partial charge is 0.352 e. The first-order chi connectivity index (χ1) is 17.4. The molecule has 2 amide bonds. The summed E-state index contributed by atoms with van der Waals surface area (Å²) in [5.41, 5.74) is 2.42. The van der Waals surface area contributed by atoms with Crippen molar-refractivity contribution in [2.75, 3.05) is 0 Å². The first-order valence-corrected chi connectivity index (χ1v) is 13.3. The Morgan fingerprint density at radius 2 is 1.47 bits per heavy atom. The summed E-state index contributed by atoms with van der Waals surface area (Å²) in [5.74, 6) is -0.360. The summed E-state index contributed by atoms with van der Waals surface area (Å²) < 4.78 is 0. The van der Waals surface area contributed by atoms with E-state index in [4.69, 9.17) is 34.8 Å². The minimum atomic E-state index is -0.697. The molecule has 3 aromatic carbocycles. The van der Waals surface area contributed by atoms with E-state index in [0.717, 1.165) is 36.8 Å². The molecule has 188 valence electrons. The molecule has 0 aromatic heterocycles. The third-order valence-electron chi connectivity index (χ3n) is 6.63. The second-order valence-electron chi connectivity index (χ2n) is 9.22. The molecule has 0 heterocycles. The first-order valence-electron chi connectivity index (χ1n) is 12.2. The smallest absolute Gasteiger partial charge is 0.243 e. The van der Waals surface area contributed by atoms with Gasteiger partial charge in [0.15, 0.2) is 0 Å². The second-order valence-corrected chi connectivity index (χ2v) is 10.5. The Balaban J connectivity index is 1.68. The van der Waals surface area contributed by atoms with Crippen LogP contribution < -0.4 is 5.32 Å². The van der Waals surface area contributed by atoms with Crippen LogP contribution in [0.2, 0.25) is 15.1 Å². The quantitative estimate of drug-likeness (QED) is 0.319. The molecular formula is C29H29Cl3N2O2. The fourth-order valence-corrected chi connectivity index (χ4v) is 5.32. The molecule has 0 radical (unpaired) electrons. The molecule has 0 bridgehead atoms. The topological polar surface area (TPSA) is 49.4 Å². The lowest BCUT2D eigenvalue weighted by Gasteiger charge is -2.32. The summed E-state index contributed by atoms with van der Waals surface area (Å²) >= 11 is 18.9. The van der Waals surface area contributed by atoms with Gasteiger partial charge in [0.05, 0.1) is 6.42 Å². The van der Waals surface area contributed by atoms with Gasteiger partial charge in [-0.1, -0.05) is 96.2 Å². The second kappa shape index (κ2) is 12.6. The SMILES string of the molecule is O=C(NC1CCCC1)C(Cc1ccccc1)N(Cc1ccc(Cl)cc1)C(=O)Cc1c(Cl)cccc1Cl. The summed E-state index contributed by atoms with van der Waals surface area (Å²) in [5, 5.41) is 4.68. The van der Waals surface area contributed by atoms with Crippen LogP contribution in [0.15, 0.2) is 72.8 Å². The molecule has 4 rings (SSSR count). The van der Waals surface area contributed by atoms with Crippen LogP contribution in [0.5, 0.6) is 0 Å². The molecule has 1 aliphatic carbocycles. The van der Waals surface area contributed by atoms with E-state index < -0.39 is 6.04 Å². The zero-order chi connectivity index (χ0) is 25.5. The van der Waals surface area contributed by atoms with Gasteiger partial charge in [-0.15, -0.1) is 0 Å². The van der Waals surface area contributed by atoms with Gasteiger partial charge in [-0.2, -0.15) is 0 Å². The number of carbonyl (C=O) groups is 2. The summed E-state index contributed by atoms with van der Waals surface area (Å²) in [6.07, 6.45) is 4.52. The molecule has 4 nitrogen and oxygen atoms in total. The summed E-state index contributed by atoms with van der Waals surface area (Å²) in [6.45, 7) is 0.258. The Bertz CT molecular complexity index is 1160.